The second-order valence-electron chi connectivity index (χ2n) is 6.17. The van der Waals surface area contributed by atoms with E-state index >= 15 is 0 Å². The minimum atomic E-state index is -0.279. The summed E-state index contributed by atoms with van der Waals surface area (Å²) in [5, 5.41) is 7.84. The standard InChI is InChI=1S/C22H19ClN2O3/c1-14(26)24-21-9-7-18(13-20(21)23)25-22(27)10-4-15-3-5-17-12-19(28-2)8-6-16(17)11-15/h3-13H,1-2H3,(H,24,26)(H,25,27)/b10-4+. The van der Waals surface area contributed by atoms with Crippen LogP contribution in [0.15, 0.2) is 60.7 Å². The number of hydrogen-bond donors (Lipinski definition) is 2. The summed E-state index contributed by atoms with van der Waals surface area (Å²) in [7, 11) is 1.64. The number of benzene rings is 3. The quantitative estimate of drug-likeness (QED) is 0.591. The zero-order chi connectivity index (χ0) is 20.1. The van der Waals surface area contributed by atoms with Crippen molar-refractivity contribution in [2.45, 2.75) is 6.92 Å². The van der Waals surface area contributed by atoms with Gasteiger partial charge in [0, 0.05) is 18.7 Å². The van der Waals surface area contributed by atoms with Crippen molar-refractivity contribution in [3.8, 4) is 5.75 Å². The van der Waals surface area contributed by atoms with Gasteiger partial charge in [0.1, 0.15) is 5.75 Å². The summed E-state index contributed by atoms with van der Waals surface area (Å²) in [5.74, 6) is 0.312. The van der Waals surface area contributed by atoms with Crippen molar-refractivity contribution in [1.29, 1.82) is 0 Å². The molecule has 142 valence electrons. The molecule has 2 N–H and O–H groups in total. The molecular formula is C22H19ClN2O3. The van der Waals surface area contributed by atoms with E-state index in [1.54, 1.807) is 31.4 Å². The van der Waals surface area contributed by atoms with Crippen molar-refractivity contribution in [1.82, 2.24) is 0 Å². The van der Waals surface area contributed by atoms with Gasteiger partial charge in [-0.05, 0) is 58.8 Å². The number of amides is 2. The summed E-state index contributed by atoms with van der Waals surface area (Å²) in [4.78, 5) is 23.3. The topological polar surface area (TPSA) is 67.4 Å². The molecule has 2 amide bonds. The van der Waals surface area contributed by atoms with Crippen molar-refractivity contribution in [2.24, 2.45) is 0 Å². The van der Waals surface area contributed by atoms with E-state index in [0.717, 1.165) is 22.1 Å². The smallest absolute Gasteiger partial charge is 0.248 e. The van der Waals surface area contributed by atoms with Crippen LogP contribution < -0.4 is 15.4 Å². The molecule has 0 saturated carbocycles. The van der Waals surface area contributed by atoms with Gasteiger partial charge in [-0.3, -0.25) is 9.59 Å². The SMILES string of the molecule is COc1ccc2cc(/C=C/C(=O)Nc3ccc(NC(C)=O)c(Cl)c3)ccc2c1. The van der Waals surface area contributed by atoms with Crippen molar-refractivity contribution >= 4 is 51.6 Å². The predicted molar refractivity (Wildman–Crippen MR) is 114 cm³/mol. The number of halogens is 1. The van der Waals surface area contributed by atoms with Crippen LogP contribution in [-0.4, -0.2) is 18.9 Å². The molecule has 3 rings (SSSR count). The normalized spacial score (nSPS) is 10.8. The van der Waals surface area contributed by atoms with Crippen LogP contribution in [0.3, 0.4) is 0 Å². The van der Waals surface area contributed by atoms with Crippen LogP contribution in [0.5, 0.6) is 5.75 Å². The Morgan fingerprint density at radius 1 is 0.964 bits per heavy atom. The first-order valence-electron chi connectivity index (χ1n) is 8.58. The zero-order valence-corrected chi connectivity index (χ0v) is 16.2. The number of carbonyl (C=O) groups excluding carboxylic acids is 2. The number of carbonyl (C=O) groups is 2. The molecule has 3 aromatic carbocycles. The summed E-state index contributed by atoms with van der Waals surface area (Å²) < 4.78 is 5.23. The summed E-state index contributed by atoms with van der Waals surface area (Å²) in [6, 6.07) is 16.7. The number of anilines is 2. The van der Waals surface area contributed by atoms with Crippen molar-refractivity contribution < 1.29 is 14.3 Å². The molecule has 0 heterocycles. The molecule has 0 fully saturated rings. The van der Waals surface area contributed by atoms with Gasteiger partial charge < -0.3 is 15.4 Å². The molecule has 0 spiro atoms. The fourth-order valence-corrected chi connectivity index (χ4v) is 2.94. The van der Waals surface area contributed by atoms with Gasteiger partial charge in [0.2, 0.25) is 11.8 Å². The Balaban J connectivity index is 1.69. The maximum atomic E-state index is 12.2. The highest BCUT2D eigenvalue weighted by atomic mass is 35.5. The van der Waals surface area contributed by atoms with Gasteiger partial charge in [-0.2, -0.15) is 0 Å². The molecule has 0 atom stereocenters. The molecule has 3 aromatic rings. The summed E-state index contributed by atoms with van der Waals surface area (Å²) in [5.41, 5.74) is 1.95. The number of rotatable bonds is 5. The molecule has 0 aliphatic rings. The highest BCUT2D eigenvalue weighted by Gasteiger charge is 2.05. The molecular weight excluding hydrogens is 376 g/mol. The maximum Gasteiger partial charge on any atom is 0.248 e. The fraction of sp³-hybridized carbons (Fsp3) is 0.0909. The van der Waals surface area contributed by atoms with Gasteiger partial charge in [0.05, 0.1) is 17.8 Å². The van der Waals surface area contributed by atoms with Crippen LogP contribution in [0.2, 0.25) is 5.02 Å². The van der Waals surface area contributed by atoms with Gasteiger partial charge in [-0.1, -0.05) is 29.8 Å². The molecule has 0 aliphatic carbocycles. The number of methoxy groups -OCH3 is 1. The van der Waals surface area contributed by atoms with E-state index < -0.39 is 0 Å². The Morgan fingerprint density at radius 3 is 2.43 bits per heavy atom. The lowest BCUT2D eigenvalue weighted by Crippen LogP contribution is -2.09. The number of nitrogens with one attached hydrogen (secondary N) is 2. The summed E-state index contributed by atoms with van der Waals surface area (Å²) in [6.07, 6.45) is 3.20. The van der Waals surface area contributed by atoms with Crippen LogP contribution >= 0.6 is 11.6 Å². The Hall–Kier alpha value is -3.31. The first-order valence-corrected chi connectivity index (χ1v) is 8.96. The molecule has 0 radical (unpaired) electrons. The molecule has 0 aromatic heterocycles. The average Bonchev–Trinajstić information content (AvgIpc) is 2.67. The molecule has 6 heteroatoms. The van der Waals surface area contributed by atoms with E-state index in [9.17, 15) is 9.59 Å². The van der Waals surface area contributed by atoms with E-state index in [0.29, 0.717) is 16.4 Å². The van der Waals surface area contributed by atoms with E-state index in [2.05, 4.69) is 10.6 Å². The molecule has 28 heavy (non-hydrogen) atoms. The molecule has 0 aliphatic heterocycles. The second-order valence-corrected chi connectivity index (χ2v) is 6.58. The number of hydrogen-bond acceptors (Lipinski definition) is 3. The summed E-state index contributed by atoms with van der Waals surface area (Å²) in [6.45, 7) is 1.40. The molecule has 5 nitrogen and oxygen atoms in total. The molecule has 0 unspecified atom stereocenters. The van der Waals surface area contributed by atoms with E-state index in [1.807, 2.05) is 36.4 Å². The van der Waals surface area contributed by atoms with Crippen molar-refractivity contribution in [3.63, 3.8) is 0 Å². The lowest BCUT2D eigenvalue weighted by Gasteiger charge is -2.08. The monoisotopic (exact) mass is 394 g/mol. The van der Waals surface area contributed by atoms with Crippen LogP contribution in [0.25, 0.3) is 16.8 Å². The van der Waals surface area contributed by atoms with Gasteiger partial charge >= 0.3 is 0 Å². The van der Waals surface area contributed by atoms with Crippen LogP contribution in [0.1, 0.15) is 12.5 Å². The lowest BCUT2D eigenvalue weighted by molar-refractivity contribution is -0.114. The van der Waals surface area contributed by atoms with Crippen molar-refractivity contribution in [3.05, 3.63) is 71.3 Å². The maximum absolute atomic E-state index is 12.2. The van der Waals surface area contributed by atoms with Gasteiger partial charge in [-0.15, -0.1) is 0 Å². The third-order valence-corrected chi connectivity index (χ3v) is 4.36. The van der Waals surface area contributed by atoms with Crippen LogP contribution in [0.4, 0.5) is 11.4 Å². The lowest BCUT2D eigenvalue weighted by atomic mass is 10.1. The van der Waals surface area contributed by atoms with Crippen LogP contribution in [0, 0.1) is 0 Å². The van der Waals surface area contributed by atoms with Crippen LogP contribution in [-0.2, 0) is 9.59 Å². The Morgan fingerprint density at radius 2 is 1.71 bits per heavy atom. The molecule has 0 saturated heterocycles. The van der Waals surface area contributed by atoms with E-state index in [1.165, 1.54) is 13.0 Å². The Kier molecular flexibility index (Phi) is 5.96. The average molecular weight is 395 g/mol. The number of ether oxygens (including phenoxy) is 1. The second kappa shape index (κ2) is 8.59. The van der Waals surface area contributed by atoms with E-state index in [-0.39, 0.29) is 11.8 Å². The highest BCUT2D eigenvalue weighted by molar-refractivity contribution is 6.34. The highest BCUT2D eigenvalue weighted by Crippen LogP contribution is 2.26. The van der Waals surface area contributed by atoms with Gasteiger partial charge in [0.15, 0.2) is 0 Å². The zero-order valence-electron chi connectivity index (χ0n) is 15.5. The third kappa shape index (κ3) is 4.90. The third-order valence-electron chi connectivity index (χ3n) is 4.05. The first-order chi connectivity index (χ1) is 13.4. The first kappa shape index (κ1) is 19.5. The van der Waals surface area contributed by atoms with E-state index in [4.69, 9.17) is 16.3 Å². The largest absolute Gasteiger partial charge is 0.497 e. The van der Waals surface area contributed by atoms with Gasteiger partial charge in [-0.25, -0.2) is 0 Å². The molecule has 0 bridgehead atoms. The predicted octanol–water partition coefficient (Wildman–Crippen LogP) is 5.11. The van der Waals surface area contributed by atoms with Gasteiger partial charge in [0.25, 0.3) is 0 Å². The van der Waals surface area contributed by atoms with Crippen molar-refractivity contribution in [2.75, 3.05) is 17.7 Å². The summed E-state index contributed by atoms with van der Waals surface area (Å²) >= 11 is 6.11. The minimum absolute atomic E-state index is 0.213. The Bertz CT molecular complexity index is 1080. The fourth-order valence-electron chi connectivity index (χ4n) is 2.71. The Labute approximate surface area is 168 Å². The minimum Gasteiger partial charge on any atom is -0.497 e. The number of fused-ring (bicyclic) bond motifs is 1.